The lowest BCUT2D eigenvalue weighted by molar-refractivity contribution is -0.138. The zero-order chi connectivity index (χ0) is 20.5. The van der Waals surface area contributed by atoms with E-state index in [-0.39, 0.29) is 29.4 Å². The predicted molar refractivity (Wildman–Crippen MR) is 112 cm³/mol. The fourth-order valence-electron chi connectivity index (χ4n) is 2.92. The summed E-state index contributed by atoms with van der Waals surface area (Å²) in [5.74, 6) is 0.733. The number of hydrogen-bond acceptors (Lipinski definition) is 6. The third-order valence-corrected chi connectivity index (χ3v) is 5.53. The van der Waals surface area contributed by atoms with Crippen molar-refractivity contribution >= 4 is 35.1 Å². The maximum absolute atomic E-state index is 12.0. The summed E-state index contributed by atoms with van der Waals surface area (Å²) in [6.07, 6.45) is 4.76. The summed E-state index contributed by atoms with van der Waals surface area (Å²) in [6.45, 7) is 4.71. The third-order valence-electron chi connectivity index (χ3n) is 4.59. The van der Waals surface area contributed by atoms with Gasteiger partial charge in [0.2, 0.25) is 11.8 Å². The molecule has 0 aromatic heterocycles. The molecule has 2 amide bonds. The average molecular weight is 405 g/mol. The van der Waals surface area contributed by atoms with E-state index in [4.69, 9.17) is 4.74 Å². The number of carbonyl (C=O) groups is 3. The number of ether oxygens (including phenoxy) is 1. The summed E-state index contributed by atoms with van der Waals surface area (Å²) in [6, 6.07) is 7.65. The van der Waals surface area contributed by atoms with Crippen LogP contribution in [0.1, 0.15) is 45.1 Å². The lowest BCUT2D eigenvalue weighted by atomic mass is 10.1. The van der Waals surface area contributed by atoms with Crippen LogP contribution in [0.25, 0.3) is 0 Å². The van der Waals surface area contributed by atoms with Gasteiger partial charge in [0.15, 0.2) is 5.78 Å². The second-order valence-corrected chi connectivity index (χ2v) is 7.89. The smallest absolute Gasteiger partial charge is 0.242 e. The number of aliphatic imine (C=N–C) groups is 1. The van der Waals surface area contributed by atoms with Crippen LogP contribution in [0, 0.1) is 0 Å². The number of imide groups is 1. The first-order chi connectivity index (χ1) is 13.4. The van der Waals surface area contributed by atoms with Crippen LogP contribution in [-0.4, -0.2) is 59.4 Å². The van der Waals surface area contributed by atoms with Gasteiger partial charge < -0.3 is 4.74 Å². The van der Waals surface area contributed by atoms with E-state index in [1.165, 1.54) is 23.6 Å². The Balaban J connectivity index is 1.66. The van der Waals surface area contributed by atoms with Crippen LogP contribution < -0.4 is 4.74 Å². The molecule has 6 nitrogen and oxygen atoms in total. The van der Waals surface area contributed by atoms with Gasteiger partial charge in [-0.3, -0.25) is 24.3 Å². The summed E-state index contributed by atoms with van der Waals surface area (Å²) in [7, 11) is 0. The normalized spacial score (nSPS) is 17.3. The highest BCUT2D eigenvalue weighted by molar-refractivity contribution is 8.00. The fraction of sp³-hybridized carbons (Fsp3) is 0.524. The molecule has 0 aliphatic carbocycles. The Labute approximate surface area is 170 Å². The number of ketones is 1. The zero-order valence-electron chi connectivity index (χ0n) is 16.8. The van der Waals surface area contributed by atoms with Gasteiger partial charge >= 0.3 is 0 Å². The van der Waals surface area contributed by atoms with E-state index in [2.05, 4.69) is 4.99 Å². The summed E-state index contributed by atoms with van der Waals surface area (Å²) in [5, 5.41) is -0.199. The molecule has 28 heavy (non-hydrogen) atoms. The Morgan fingerprint density at radius 3 is 2.50 bits per heavy atom. The number of nitrogens with zero attached hydrogens (tertiary/aromatic N) is 2. The molecule has 0 bridgehead atoms. The highest BCUT2D eigenvalue weighted by atomic mass is 32.2. The van der Waals surface area contributed by atoms with E-state index in [1.807, 2.05) is 37.4 Å². The Kier molecular flexibility index (Phi) is 8.70. The number of Topliss-reactive ketones (excluding diaryl/α,β-unsaturated/α-hetero) is 1. The van der Waals surface area contributed by atoms with Crippen molar-refractivity contribution in [2.75, 3.05) is 26.0 Å². The Morgan fingerprint density at radius 1 is 1.18 bits per heavy atom. The molecular formula is C21H28N2O4S. The quantitative estimate of drug-likeness (QED) is 0.322. The number of benzene rings is 1. The van der Waals surface area contributed by atoms with Gasteiger partial charge in [-0.05, 0) is 69.2 Å². The largest absolute Gasteiger partial charge is 0.494 e. The highest BCUT2D eigenvalue weighted by Gasteiger charge is 2.37. The lowest BCUT2D eigenvalue weighted by Gasteiger charge is -2.14. The van der Waals surface area contributed by atoms with Gasteiger partial charge in [-0.2, -0.15) is 11.8 Å². The molecule has 0 saturated carbocycles. The first-order valence-corrected chi connectivity index (χ1v) is 10.8. The minimum absolute atomic E-state index is 0.0434. The van der Waals surface area contributed by atoms with Crippen molar-refractivity contribution in [1.82, 2.24) is 4.90 Å². The molecule has 1 saturated heterocycles. The second-order valence-electron chi connectivity index (χ2n) is 6.85. The molecule has 1 aromatic carbocycles. The molecule has 0 spiro atoms. The van der Waals surface area contributed by atoms with Crippen LogP contribution in [0.15, 0.2) is 29.3 Å². The van der Waals surface area contributed by atoms with Crippen LogP contribution in [0.3, 0.4) is 0 Å². The van der Waals surface area contributed by atoms with Gasteiger partial charge in [-0.15, -0.1) is 0 Å². The van der Waals surface area contributed by atoms with Gasteiger partial charge in [0, 0.05) is 18.7 Å². The van der Waals surface area contributed by atoms with Gasteiger partial charge in [0.1, 0.15) is 5.75 Å². The van der Waals surface area contributed by atoms with E-state index >= 15 is 0 Å². The summed E-state index contributed by atoms with van der Waals surface area (Å²) >= 11 is 1.45. The summed E-state index contributed by atoms with van der Waals surface area (Å²) < 4.78 is 5.74. The number of thioether (sulfide) groups is 1. The number of unbranched alkanes of at least 4 members (excludes halogenated alkanes) is 2. The molecule has 1 fully saturated rings. The van der Waals surface area contributed by atoms with E-state index < -0.39 is 0 Å². The van der Waals surface area contributed by atoms with Gasteiger partial charge in [0.25, 0.3) is 0 Å². The maximum atomic E-state index is 12.0. The Hall–Kier alpha value is -2.15. The number of carbonyl (C=O) groups excluding carboxylic acids is 3. The van der Waals surface area contributed by atoms with Crippen molar-refractivity contribution in [2.45, 2.75) is 44.8 Å². The topological polar surface area (TPSA) is 76.0 Å². The van der Waals surface area contributed by atoms with Crippen molar-refractivity contribution in [3.8, 4) is 5.75 Å². The van der Waals surface area contributed by atoms with Gasteiger partial charge in [-0.1, -0.05) is 0 Å². The average Bonchev–Trinajstić information content (AvgIpc) is 2.96. The van der Waals surface area contributed by atoms with E-state index in [0.29, 0.717) is 19.6 Å². The molecular weight excluding hydrogens is 376 g/mol. The van der Waals surface area contributed by atoms with Gasteiger partial charge in [0.05, 0.1) is 18.4 Å². The van der Waals surface area contributed by atoms with E-state index in [9.17, 15) is 14.4 Å². The second kappa shape index (κ2) is 11.0. The van der Waals surface area contributed by atoms with Crippen molar-refractivity contribution in [3.05, 3.63) is 29.8 Å². The molecule has 152 valence electrons. The minimum atomic E-state index is -0.199. The first kappa shape index (κ1) is 22.1. The van der Waals surface area contributed by atoms with Crippen LogP contribution >= 0.6 is 11.8 Å². The molecule has 2 rings (SSSR count). The monoisotopic (exact) mass is 404 g/mol. The predicted octanol–water partition coefficient (Wildman–Crippen LogP) is 3.12. The van der Waals surface area contributed by atoms with Crippen LogP contribution in [0.2, 0.25) is 0 Å². The molecule has 1 aliphatic heterocycles. The van der Waals surface area contributed by atoms with Crippen LogP contribution in [-0.2, 0) is 14.4 Å². The van der Waals surface area contributed by atoms with Crippen molar-refractivity contribution in [1.29, 1.82) is 0 Å². The Morgan fingerprint density at radius 2 is 1.89 bits per heavy atom. The molecule has 1 unspecified atom stereocenters. The standard InChI is InChI=1S/C21H28N2O4S/c1-15(24)14-22-16(2)17-7-9-18(10-8-17)27-12-6-4-5-11-23-20(25)13-19(28-3)21(23)26/h7-10,19H,4-6,11-14H2,1-3H3. The first-order valence-electron chi connectivity index (χ1n) is 9.53. The number of likely N-dealkylation sites (tertiary alicyclic amines) is 1. The van der Waals surface area contributed by atoms with E-state index in [0.717, 1.165) is 36.3 Å². The number of hydrogen-bond donors (Lipinski definition) is 0. The third kappa shape index (κ3) is 6.48. The molecule has 1 aliphatic rings. The summed E-state index contributed by atoms with van der Waals surface area (Å²) in [4.78, 5) is 40.5. The SMILES string of the molecule is CSC1CC(=O)N(CCCCCOc2ccc(C(C)=NCC(C)=O)cc2)C1=O. The fourth-order valence-corrected chi connectivity index (χ4v) is 3.56. The minimum Gasteiger partial charge on any atom is -0.494 e. The van der Waals surface area contributed by atoms with Crippen molar-refractivity contribution < 1.29 is 19.1 Å². The lowest BCUT2D eigenvalue weighted by Crippen LogP contribution is -2.32. The Bertz CT molecular complexity index is 730. The number of rotatable bonds is 11. The van der Waals surface area contributed by atoms with Crippen LogP contribution in [0.5, 0.6) is 5.75 Å². The molecule has 0 radical (unpaired) electrons. The molecule has 1 atom stereocenters. The van der Waals surface area contributed by atoms with E-state index in [1.54, 1.807) is 0 Å². The molecule has 0 N–H and O–H groups in total. The van der Waals surface area contributed by atoms with Gasteiger partial charge in [-0.25, -0.2) is 0 Å². The number of amides is 2. The highest BCUT2D eigenvalue weighted by Crippen LogP contribution is 2.23. The summed E-state index contributed by atoms with van der Waals surface area (Å²) in [5.41, 5.74) is 1.80. The molecule has 1 aromatic rings. The molecule has 7 heteroatoms. The maximum Gasteiger partial charge on any atom is 0.242 e. The molecule has 1 heterocycles. The van der Waals surface area contributed by atoms with Crippen molar-refractivity contribution in [3.63, 3.8) is 0 Å². The zero-order valence-corrected chi connectivity index (χ0v) is 17.6. The van der Waals surface area contributed by atoms with Crippen molar-refractivity contribution in [2.24, 2.45) is 4.99 Å². The van der Waals surface area contributed by atoms with Crippen LogP contribution in [0.4, 0.5) is 0 Å².